The highest BCUT2D eigenvalue weighted by Crippen LogP contribution is 2.11. The lowest BCUT2D eigenvalue weighted by Crippen LogP contribution is -2.27. The highest BCUT2D eigenvalue weighted by atomic mass is 16.1. The maximum Gasteiger partial charge on any atom is 0.280 e. The quantitative estimate of drug-likeness (QED) is 0.741. The predicted molar refractivity (Wildman–Crippen MR) is 85.7 cm³/mol. The second-order valence-electron chi connectivity index (χ2n) is 5.76. The van der Waals surface area contributed by atoms with Crippen LogP contribution < -0.4 is 5.56 Å². The van der Waals surface area contributed by atoms with E-state index in [1.54, 1.807) is 10.8 Å². The van der Waals surface area contributed by atoms with Gasteiger partial charge in [-0.15, -0.1) is 0 Å². The van der Waals surface area contributed by atoms with Gasteiger partial charge in [0.25, 0.3) is 5.56 Å². The van der Waals surface area contributed by atoms with Crippen LogP contribution in [0.15, 0.2) is 47.7 Å². The zero-order chi connectivity index (χ0) is 15.5. The summed E-state index contributed by atoms with van der Waals surface area (Å²) in [6.07, 6.45) is 3.73. The topological polar surface area (TPSA) is 60.7 Å². The van der Waals surface area contributed by atoms with E-state index in [4.69, 9.17) is 0 Å². The van der Waals surface area contributed by atoms with Gasteiger partial charge in [0, 0.05) is 6.42 Å². The largest absolute Gasteiger partial charge is 0.290 e. The Morgan fingerprint density at radius 1 is 1.18 bits per heavy atom. The van der Waals surface area contributed by atoms with Gasteiger partial charge in [-0.3, -0.25) is 9.36 Å². The molecule has 0 amide bonds. The van der Waals surface area contributed by atoms with E-state index in [1.165, 1.54) is 6.33 Å². The lowest BCUT2D eigenvalue weighted by molar-refractivity contribution is 0.573. The summed E-state index contributed by atoms with van der Waals surface area (Å²) in [4.78, 5) is 25.4. The normalized spacial score (nSPS) is 11.2. The van der Waals surface area contributed by atoms with Crippen molar-refractivity contribution >= 4 is 11.0 Å². The lowest BCUT2D eigenvalue weighted by Gasteiger charge is -2.14. The maximum absolute atomic E-state index is 12.8. The van der Waals surface area contributed by atoms with E-state index < -0.39 is 0 Å². The molecule has 5 nitrogen and oxygen atoms in total. The van der Waals surface area contributed by atoms with Gasteiger partial charge in [-0.05, 0) is 11.5 Å². The molecule has 0 saturated carbocycles. The molecule has 2 aromatic heterocycles. The standard InChI is InChI=1S/C17H18N4O/c1-12(2)8-15-20-14-9-18-11-19-16(14)17(22)21(15)10-13-6-4-3-5-7-13/h3-7,9,11-12H,8,10H2,1-2H3. The van der Waals surface area contributed by atoms with Crippen molar-refractivity contribution in [3.63, 3.8) is 0 Å². The third-order valence-corrected chi connectivity index (χ3v) is 3.48. The van der Waals surface area contributed by atoms with Crippen molar-refractivity contribution in [3.05, 3.63) is 64.6 Å². The molecule has 0 radical (unpaired) electrons. The first-order chi connectivity index (χ1) is 10.6. The molecule has 5 heteroatoms. The fourth-order valence-electron chi connectivity index (χ4n) is 2.46. The highest BCUT2D eigenvalue weighted by Gasteiger charge is 2.13. The van der Waals surface area contributed by atoms with Crippen LogP contribution in [0.5, 0.6) is 0 Å². The molecule has 0 N–H and O–H groups in total. The van der Waals surface area contributed by atoms with Gasteiger partial charge in [-0.25, -0.2) is 15.0 Å². The maximum atomic E-state index is 12.8. The summed E-state index contributed by atoms with van der Waals surface area (Å²) in [6.45, 7) is 4.74. The third-order valence-electron chi connectivity index (χ3n) is 3.48. The van der Waals surface area contributed by atoms with Crippen molar-refractivity contribution in [2.45, 2.75) is 26.8 Å². The molecular formula is C17H18N4O. The number of hydrogen-bond acceptors (Lipinski definition) is 4. The van der Waals surface area contributed by atoms with E-state index in [-0.39, 0.29) is 5.56 Å². The van der Waals surface area contributed by atoms with Gasteiger partial charge in [0.2, 0.25) is 0 Å². The van der Waals surface area contributed by atoms with Gasteiger partial charge in [0.05, 0.1) is 12.7 Å². The SMILES string of the molecule is CC(C)Cc1nc2cncnc2c(=O)n1Cc1ccccc1. The average molecular weight is 294 g/mol. The molecule has 22 heavy (non-hydrogen) atoms. The fraction of sp³-hybridized carbons (Fsp3) is 0.294. The van der Waals surface area contributed by atoms with Crippen molar-refractivity contribution in [2.75, 3.05) is 0 Å². The average Bonchev–Trinajstić information content (AvgIpc) is 2.52. The van der Waals surface area contributed by atoms with Crippen molar-refractivity contribution in [3.8, 4) is 0 Å². The summed E-state index contributed by atoms with van der Waals surface area (Å²) < 4.78 is 1.73. The van der Waals surface area contributed by atoms with Crippen molar-refractivity contribution < 1.29 is 0 Å². The summed E-state index contributed by atoms with van der Waals surface area (Å²) in [6, 6.07) is 9.93. The zero-order valence-corrected chi connectivity index (χ0v) is 12.7. The van der Waals surface area contributed by atoms with Gasteiger partial charge < -0.3 is 0 Å². The Hall–Kier alpha value is -2.56. The van der Waals surface area contributed by atoms with Gasteiger partial charge in [-0.1, -0.05) is 44.2 Å². The molecule has 0 fully saturated rings. The smallest absolute Gasteiger partial charge is 0.280 e. The molecule has 0 bridgehead atoms. The Labute approximate surface area is 128 Å². The van der Waals surface area contributed by atoms with Crippen LogP contribution in [-0.4, -0.2) is 19.5 Å². The van der Waals surface area contributed by atoms with Crippen molar-refractivity contribution in [2.24, 2.45) is 5.92 Å². The first-order valence-electron chi connectivity index (χ1n) is 7.38. The number of nitrogens with zero attached hydrogens (tertiary/aromatic N) is 4. The van der Waals surface area contributed by atoms with Crippen molar-refractivity contribution in [1.29, 1.82) is 0 Å². The second-order valence-corrected chi connectivity index (χ2v) is 5.76. The van der Waals surface area contributed by atoms with E-state index in [0.29, 0.717) is 23.5 Å². The summed E-state index contributed by atoms with van der Waals surface area (Å²) in [5, 5.41) is 0. The Morgan fingerprint density at radius 2 is 1.95 bits per heavy atom. The fourth-order valence-corrected chi connectivity index (χ4v) is 2.46. The number of rotatable bonds is 4. The molecule has 0 spiro atoms. The van der Waals surface area contributed by atoms with E-state index in [1.807, 2.05) is 30.3 Å². The summed E-state index contributed by atoms with van der Waals surface area (Å²) in [5.74, 6) is 1.20. The summed E-state index contributed by atoms with van der Waals surface area (Å²) >= 11 is 0. The first kappa shape index (κ1) is 14.4. The van der Waals surface area contributed by atoms with Crippen LogP contribution in [0.25, 0.3) is 11.0 Å². The molecule has 2 heterocycles. The molecular weight excluding hydrogens is 276 g/mol. The second kappa shape index (κ2) is 6.05. The Morgan fingerprint density at radius 3 is 2.68 bits per heavy atom. The van der Waals surface area contributed by atoms with Crippen molar-refractivity contribution in [1.82, 2.24) is 19.5 Å². The van der Waals surface area contributed by atoms with Gasteiger partial charge >= 0.3 is 0 Å². The lowest BCUT2D eigenvalue weighted by atomic mass is 10.1. The minimum atomic E-state index is -0.105. The molecule has 0 unspecified atom stereocenters. The molecule has 0 atom stereocenters. The van der Waals surface area contributed by atoms with Crippen LogP contribution in [0.2, 0.25) is 0 Å². The zero-order valence-electron chi connectivity index (χ0n) is 12.7. The molecule has 3 rings (SSSR count). The molecule has 0 aliphatic rings. The number of fused-ring (bicyclic) bond motifs is 1. The summed E-state index contributed by atoms with van der Waals surface area (Å²) in [7, 11) is 0. The Balaban J connectivity index is 2.16. The minimum Gasteiger partial charge on any atom is -0.290 e. The van der Waals surface area contributed by atoms with E-state index in [2.05, 4.69) is 28.8 Å². The number of benzene rings is 1. The van der Waals surface area contributed by atoms with Crippen LogP contribution in [-0.2, 0) is 13.0 Å². The molecule has 0 saturated heterocycles. The van der Waals surface area contributed by atoms with E-state index in [9.17, 15) is 4.79 Å². The van der Waals surface area contributed by atoms with E-state index >= 15 is 0 Å². The minimum absolute atomic E-state index is 0.105. The van der Waals surface area contributed by atoms with Crippen LogP contribution in [0.1, 0.15) is 25.2 Å². The molecule has 112 valence electrons. The molecule has 0 aliphatic heterocycles. The summed E-state index contributed by atoms with van der Waals surface area (Å²) in [5.41, 5.74) is 1.91. The molecule has 3 aromatic rings. The van der Waals surface area contributed by atoms with Crippen LogP contribution >= 0.6 is 0 Å². The van der Waals surface area contributed by atoms with Crippen LogP contribution in [0.4, 0.5) is 0 Å². The van der Waals surface area contributed by atoms with Gasteiger partial charge in [-0.2, -0.15) is 0 Å². The number of aromatic nitrogens is 4. The predicted octanol–water partition coefficient (Wildman–Crippen LogP) is 2.43. The highest BCUT2D eigenvalue weighted by molar-refractivity contribution is 5.71. The Bertz CT molecular complexity index is 840. The molecule has 0 aliphatic carbocycles. The monoisotopic (exact) mass is 294 g/mol. The van der Waals surface area contributed by atoms with Gasteiger partial charge in [0.15, 0.2) is 5.52 Å². The van der Waals surface area contributed by atoms with Crippen LogP contribution in [0.3, 0.4) is 0 Å². The third kappa shape index (κ3) is 2.88. The number of hydrogen-bond donors (Lipinski definition) is 0. The first-order valence-corrected chi connectivity index (χ1v) is 7.38. The van der Waals surface area contributed by atoms with E-state index in [0.717, 1.165) is 17.8 Å². The Kier molecular flexibility index (Phi) is 3.96. The molecule has 1 aromatic carbocycles. The van der Waals surface area contributed by atoms with Gasteiger partial charge in [0.1, 0.15) is 17.7 Å². The van der Waals surface area contributed by atoms with Crippen LogP contribution in [0, 0.1) is 5.92 Å².